The van der Waals surface area contributed by atoms with E-state index in [0.717, 1.165) is 69.0 Å². The minimum absolute atomic E-state index is 0.0738. The van der Waals surface area contributed by atoms with Crippen LogP contribution in [-0.2, 0) is 17.7 Å². The number of aryl methyl sites for hydroxylation is 1. The Morgan fingerprint density at radius 2 is 1.91 bits per heavy atom. The second-order valence-electron chi connectivity index (χ2n) is 11.2. The molecule has 0 aliphatic carbocycles. The number of imidazole rings is 1. The Kier molecular flexibility index (Phi) is 7.14. The molecule has 6 nitrogen and oxygen atoms in total. The molecular weight excluding hydrogens is 442 g/mol. The van der Waals surface area contributed by atoms with E-state index in [0.29, 0.717) is 11.8 Å². The van der Waals surface area contributed by atoms with E-state index in [1.54, 1.807) is 0 Å². The van der Waals surface area contributed by atoms with Gasteiger partial charge in [-0.2, -0.15) is 0 Å². The monoisotopic (exact) mass is 483 g/mol. The zero-order valence-corrected chi connectivity index (χ0v) is 22.2. The Balaban J connectivity index is 1.68. The first-order valence-corrected chi connectivity index (χ1v) is 14.1. The molecule has 0 bridgehead atoms. The number of thiophene rings is 1. The van der Waals surface area contributed by atoms with Crippen LogP contribution in [-0.4, -0.2) is 46.4 Å². The molecule has 0 spiro atoms. The maximum absolute atomic E-state index is 5.67. The third kappa shape index (κ3) is 5.12. The second kappa shape index (κ2) is 10.1. The van der Waals surface area contributed by atoms with Crippen molar-refractivity contribution in [2.75, 3.05) is 31.6 Å². The van der Waals surface area contributed by atoms with Crippen LogP contribution >= 0.6 is 11.3 Å². The zero-order valence-electron chi connectivity index (χ0n) is 21.4. The standard InChI is InChI=1S/C27H41N5OS/c1-5-6-7-22-30-23-24(32(22)17-18-10-14-33-15-11-18)25-20(29-26(23)31-27(2,3)4)16-21(34-25)19-8-12-28-13-9-19/h16,18-19,28H,5-15,17H2,1-4H3,(H,29,31). The van der Waals surface area contributed by atoms with E-state index < -0.39 is 0 Å². The van der Waals surface area contributed by atoms with Crippen LogP contribution in [0.1, 0.15) is 82.8 Å². The van der Waals surface area contributed by atoms with Crippen molar-refractivity contribution < 1.29 is 4.74 Å². The molecule has 3 aromatic heterocycles. The lowest BCUT2D eigenvalue weighted by molar-refractivity contribution is 0.0613. The summed E-state index contributed by atoms with van der Waals surface area (Å²) >= 11 is 1.97. The van der Waals surface area contributed by atoms with Crippen LogP contribution in [0, 0.1) is 5.92 Å². The molecule has 186 valence electrons. The maximum atomic E-state index is 5.67. The number of rotatable bonds is 7. The van der Waals surface area contributed by atoms with Crippen LogP contribution in [0.15, 0.2) is 6.07 Å². The van der Waals surface area contributed by atoms with Crippen molar-refractivity contribution in [1.82, 2.24) is 19.9 Å². The number of fused-ring (bicyclic) bond motifs is 3. The first-order chi connectivity index (χ1) is 16.4. The molecule has 2 aliphatic heterocycles. The number of unbranched alkanes of at least 4 members (excludes halogenated alkanes) is 1. The fourth-order valence-corrected chi connectivity index (χ4v) is 6.70. The number of hydrogen-bond donors (Lipinski definition) is 2. The molecular formula is C27H41N5OS. The summed E-state index contributed by atoms with van der Waals surface area (Å²) in [4.78, 5) is 11.9. The summed E-state index contributed by atoms with van der Waals surface area (Å²) in [6.45, 7) is 13.9. The number of ether oxygens (including phenoxy) is 1. The highest BCUT2D eigenvalue weighted by Crippen LogP contribution is 2.41. The van der Waals surface area contributed by atoms with E-state index in [-0.39, 0.29) is 5.54 Å². The van der Waals surface area contributed by atoms with Crippen LogP contribution in [0.5, 0.6) is 0 Å². The van der Waals surface area contributed by atoms with Crippen molar-refractivity contribution in [2.24, 2.45) is 5.92 Å². The Bertz CT molecular complexity index is 1120. The number of piperidine rings is 1. The SMILES string of the molecule is CCCCc1nc2c(NC(C)(C)C)nc3cc(C4CCNCC4)sc3c2n1CC1CCOCC1. The lowest BCUT2D eigenvalue weighted by Crippen LogP contribution is -2.26. The molecule has 5 rings (SSSR count). The van der Waals surface area contributed by atoms with Gasteiger partial charge in [0.1, 0.15) is 11.3 Å². The van der Waals surface area contributed by atoms with E-state index in [1.165, 1.54) is 46.6 Å². The quantitative estimate of drug-likeness (QED) is 0.426. The first-order valence-electron chi connectivity index (χ1n) is 13.3. The summed E-state index contributed by atoms with van der Waals surface area (Å²) in [5.41, 5.74) is 3.42. The van der Waals surface area contributed by atoms with Gasteiger partial charge in [-0.15, -0.1) is 11.3 Å². The Hall–Kier alpha value is -1.70. The van der Waals surface area contributed by atoms with Gasteiger partial charge in [-0.3, -0.25) is 0 Å². The molecule has 3 aromatic rings. The number of nitrogens with zero attached hydrogens (tertiary/aromatic N) is 3. The van der Waals surface area contributed by atoms with Crippen molar-refractivity contribution in [3.05, 3.63) is 16.8 Å². The highest BCUT2D eigenvalue weighted by atomic mass is 32.1. The molecule has 0 unspecified atom stereocenters. The minimum Gasteiger partial charge on any atom is -0.381 e. The lowest BCUT2D eigenvalue weighted by atomic mass is 9.96. The summed E-state index contributed by atoms with van der Waals surface area (Å²) in [5, 5.41) is 7.21. The molecule has 0 amide bonds. The molecule has 34 heavy (non-hydrogen) atoms. The molecule has 2 aliphatic rings. The Labute approximate surface area is 207 Å². The number of aromatic nitrogens is 3. The third-order valence-corrected chi connectivity index (χ3v) is 8.51. The average Bonchev–Trinajstić information content (AvgIpc) is 3.40. The van der Waals surface area contributed by atoms with Gasteiger partial charge in [-0.1, -0.05) is 13.3 Å². The second-order valence-corrected chi connectivity index (χ2v) is 12.3. The minimum atomic E-state index is -0.0738. The molecule has 0 radical (unpaired) electrons. The summed E-state index contributed by atoms with van der Waals surface area (Å²) < 4.78 is 9.56. The van der Waals surface area contributed by atoms with Crippen molar-refractivity contribution in [1.29, 1.82) is 0 Å². The largest absolute Gasteiger partial charge is 0.381 e. The van der Waals surface area contributed by atoms with Gasteiger partial charge < -0.3 is 19.9 Å². The molecule has 2 N–H and O–H groups in total. The smallest absolute Gasteiger partial charge is 0.155 e. The van der Waals surface area contributed by atoms with Gasteiger partial charge in [-0.25, -0.2) is 9.97 Å². The summed E-state index contributed by atoms with van der Waals surface area (Å²) in [7, 11) is 0. The van der Waals surface area contributed by atoms with Gasteiger partial charge in [0.15, 0.2) is 5.82 Å². The number of anilines is 1. The van der Waals surface area contributed by atoms with E-state index >= 15 is 0 Å². The van der Waals surface area contributed by atoms with Crippen molar-refractivity contribution in [2.45, 2.75) is 90.6 Å². The van der Waals surface area contributed by atoms with Gasteiger partial charge in [0.2, 0.25) is 0 Å². The highest BCUT2D eigenvalue weighted by molar-refractivity contribution is 7.20. The predicted molar refractivity (Wildman–Crippen MR) is 143 cm³/mol. The molecule has 7 heteroatoms. The molecule has 0 saturated carbocycles. The number of nitrogens with one attached hydrogen (secondary N) is 2. The molecule has 2 saturated heterocycles. The molecule has 0 atom stereocenters. The van der Waals surface area contributed by atoms with Gasteiger partial charge >= 0.3 is 0 Å². The van der Waals surface area contributed by atoms with Crippen molar-refractivity contribution >= 4 is 38.4 Å². The average molecular weight is 484 g/mol. The first kappa shape index (κ1) is 24.0. The molecule has 2 fully saturated rings. The lowest BCUT2D eigenvalue weighted by Gasteiger charge is -2.24. The van der Waals surface area contributed by atoms with E-state index in [2.05, 4.69) is 49.0 Å². The fourth-order valence-electron chi connectivity index (χ4n) is 5.38. The summed E-state index contributed by atoms with van der Waals surface area (Å²) in [6.07, 6.45) is 8.08. The van der Waals surface area contributed by atoms with Crippen LogP contribution in [0.3, 0.4) is 0 Å². The number of pyridine rings is 1. The topological polar surface area (TPSA) is 64.0 Å². The van der Waals surface area contributed by atoms with Crippen molar-refractivity contribution in [3.63, 3.8) is 0 Å². The van der Waals surface area contributed by atoms with Crippen LogP contribution < -0.4 is 10.6 Å². The normalized spacial score (nSPS) is 18.8. The van der Waals surface area contributed by atoms with E-state index in [4.69, 9.17) is 14.7 Å². The van der Waals surface area contributed by atoms with E-state index in [9.17, 15) is 0 Å². The Morgan fingerprint density at radius 1 is 1.15 bits per heavy atom. The van der Waals surface area contributed by atoms with E-state index in [1.807, 2.05) is 11.3 Å². The highest BCUT2D eigenvalue weighted by Gasteiger charge is 2.26. The summed E-state index contributed by atoms with van der Waals surface area (Å²) in [5.74, 6) is 3.46. The van der Waals surface area contributed by atoms with Gasteiger partial charge in [0, 0.05) is 36.6 Å². The summed E-state index contributed by atoms with van der Waals surface area (Å²) in [6, 6.07) is 2.38. The van der Waals surface area contributed by atoms with Crippen LogP contribution in [0.2, 0.25) is 0 Å². The van der Waals surface area contributed by atoms with Crippen LogP contribution in [0.25, 0.3) is 21.3 Å². The number of hydrogen-bond acceptors (Lipinski definition) is 6. The van der Waals surface area contributed by atoms with Crippen molar-refractivity contribution in [3.8, 4) is 0 Å². The molecule has 5 heterocycles. The fraction of sp³-hybridized carbons (Fsp3) is 0.704. The zero-order chi connectivity index (χ0) is 23.7. The van der Waals surface area contributed by atoms with Gasteiger partial charge in [0.05, 0.1) is 15.7 Å². The maximum Gasteiger partial charge on any atom is 0.155 e. The van der Waals surface area contributed by atoms with Gasteiger partial charge in [-0.05, 0) is 83.9 Å². The predicted octanol–water partition coefficient (Wildman–Crippen LogP) is 6.09. The molecule has 0 aromatic carbocycles. The van der Waals surface area contributed by atoms with Gasteiger partial charge in [0.25, 0.3) is 0 Å². The third-order valence-electron chi connectivity index (χ3n) is 7.22. The Morgan fingerprint density at radius 3 is 2.62 bits per heavy atom. The van der Waals surface area contributed by atoms with Crippen LogP contribution in [0.4, 0.5) is 5.82 Å².